The molecule has 5 rings (SSSR count). The molecule has 4 atom stereocenters. The number of alkyl halides is 3. The normalized spacial score (nSPS) is 29.5. The van der Waals surface area contributed by atoms with E-state index in [1.54, 1.807) is 12.1 Å². The molecule has 0 aromatic heterocycles. The number of phenolic OH excluding ortho intramolecular Hbond substituents is 1. The summed E-state index contributed by atoms with van der Waals surface area (Å²) in [6.45, 7) is 2.06. The number of fused-ring (bicyclic) bond motifs is 5. The first-order valence-electron chi connectivity index (χ1n) is 12.1. The third-order valence-electron chi connectivity index (χ3n) is 8.45. The minimum absolute atomic E-state index is 0.00325. The molecule has 0 saturated heterocycles. The Hall–Kier alpha value is -3.23. The Morgan fingerprint density at radius 2 is 1.97 bits per heavy atom. The molecule has 3 aliphatic rings. The van der Waals surface area contributed by atoms with E-state index in [2.05, 4.69) is 17.2 Å². The number of nitrogens with zero attached hydrogens (tertiary/aromatic N) is 2. The largest absolute Gasteiger partial charge is 0.504 e. The quantitative estimate of drug-likeness (QED) is 0.370. The Morgan fingerprint density at radius 1 is 1.17 bits per heavy atom. The lowest BCUT2D eigenvalue weighted by atomic mass is 9.55. The Labute approximate surface area is 207 Å². The van der Waals surface area contributed by atoms with Gasteiger partial charge in [0.1, 0.15) is 6.61 Å². The summed E-state index contributed by atoms with van der Waals surface area (Å²) in [4.78, 5) is 5.58. The number of benzene rings is 2. The van der Waals surface area contributed by atoms with Gasteiger partial charge in [0, 0.05) is 11.0 Å². The van der Waals surface area contributed by atoms with Crippen LogP contribution in [0.3, 0.4) is 0 Å². The first-order valence-corrected chi connectivity index (χ1v) is 12.1. The Balaban J connectivity index is 1.48. The molecule has 0 unspecified atom stereocenters. The standard InChI is InChI=1S/C27H29F3N2O4/c1-26-9-8-17-18-13-24(35-2)23(33)12-20(18)22(11-19(17)21(26)6-7-25(26)31-34)32-36-14-15-4-3-5-16(10-15)27(28,29)30/h3-5,10,12-13,17,19,21,33-34H,6-9,11,14H2,1-2H3/b31-25-,32-22+/t17-,19-,21+,26+/m1/s1. The average molecular weight is 503 g/mol. The van der Waals surface area contributed by atoms with Gasteiger partial charge in [-0.25, -0.2) is 0 Å². The number of ether oxygens (including phenoxy) is 1. The summed E-state index contributed by atoms with van der Waals surface area (Å²) in [5.74, 6) is 1.13. The van der Waals surface area contributed by atoms with Crippen LogP contribution in [0.2, 0.25) is 0 Å². The van der Waals surface area contributed by atoms with Gasteiger partial charge in [-0.15, -0.1) is 0 Å². The lowest BCUT2D eigenvalue weighted by molar-refractivity contribution is -0.137. The van der Waals surface area contributed by atoms with Crippen molar-refractivity contribution >= 4 is 11.4 Å². The van der Waals surface area contributed by atoms with Crippen LogP contribution in [-0.2, 0) is 17.6 Å². The zero-order chi connectivity index (χ0) is 25.7. The molecule has 2 fully saturated rings. The van der Waals surface area contributed by atoms with Gasteiger partial charge in [-0.3, -0.25) is 0 Å². The van der Waals surface area contributed by atoms with Crippen molar-refractivity contribution in [2.75, 3.05) is 7.11 Å². The highest BCUT2D eigenvalue weighted by Gasteiger charge is 2.54. The van der Waals surface area contributed by atoms with Gasteiger partial charge in [0.25, 0.3) is 0 Å². The third kappa shape index (κ3) is 4.08. The second kappa shape index (κ2) is 9.01. The second-order valence-electron chi connectivity index (χ2n) is 10.2. The molecule has 192 valence electrons. The van der Waals surface area contributed by atoms with Gasteiger partial charge < -0.3 is 19.9 Å². The van der Waals surface area contributed by atoms with Gasteiger partial charge in [-0.05, 0) is 85.3 Å². The Kier molecular flexibility index (Phi) is 6.12. The molecule has 36 heavy (non-hydrogen) atoms. The molecular formula is C27H29F3N2O4. The third-order valence-corrected chi connectivity index (χ3v) is 8.45. The first kappa shape index (κ1) is 24.5. The molecule has 2 N–H and O–H groups in total. The summed E-state index contributed by atoms with van der Waals surface area (Å²) in [6, 6.07) is 8.50. The zero-order valence-corrected chi connectivity index (χ0v) is 20.2. The lowest BCUT2D eigenvalue weighted by Crippen LogP contribution is -2.43. The van der Waals surface area contributed by atoms with E-state index in [4.69, 9.17) is 9.57 Å². The summed E-state index contributed by atoms with van der Waals surface area (Å²) in [7, 11) is 1.51. The number of oxime groups is 2. The number of halogens is 3. The number of hydrogen-bond donors (Lipinski definition) is 2. The van der Waals surface area contributed by atoms with E-state index in [0.717, 1.165) is 54.7 Å². The molecule has 0 aliphatic heterocycles. The van der Waals surface area contributed by atoms with Crippen LogP contribution in [0.15, 0.2) is 46.7 Å². The smallest absolute Gasteiger partial charge is 0.416 e. The molecule has 0 radical (unpaired) electrons. The van der Waals surface area contributed by atoms with Gasteiger partial charge in [0.05, 0.1) is 24.1 Å². The molecule has 2 aromatic rings. The SMILES string of the molecule is COc1cc2c(cc1O)/C(=N/OCc1cccc(C(F)(F)F)c1)C[C@@H]1[C@@H]2CC[C@]2(C)/C(=N\O)CC[C@@H]12. The maximum Gasteiger partial charge on any atom is 0.416 e. The number of hydrogen-bond acceptors (Lipinski definition) is 6. The van der Waals surface area contributed by atoms with E-state index in [1.165, 1.54) is 13.2 Å². The van der Waals surface area contributed by atoms with Crippen LogP contribution in [-0.4, -0.2) is 28.8 Å². The van der Waals surface area contributed by atoms with Crippen LogP contribution >= 0.6 is 0 Å². The maximum atomic E-state index is 13.1. The van der Waals surface area contributed by atoms with E-state index < -0.39 is 11.7 Å². The van der Waals surface area contributed by atoms with Crippen molar-refractivity contribution in [1.82, 2.24) is 0 Å². The van der Waals surface area contributed by atoms with Crippen LogP contribution in [0.25, 0.3) is 0 Å². The highest BCUT2D eigenvalue weighted by molar-refractivity contribution is 6.04. The Morgan fingerprint density at radius 3 is 2.69 bits per heavy atom. The number of rotatable bonds is 4. The lowest BCUT2D eigenvalue weighted by Gasteiger charge is -2.48. The second-order valence-corrected chi connectivity index (χ2v) is 10.2. The molecule has 0 amide bonds. The van der Waals surface area contributed by atoms with Crippen LogP contribution in [0.1, 0.15) is 67.2 Å². The van der Waals surface area contributed by atoms with Crippen molar-refractivity contribution < 1.29 is 33.1 Å². The molecule has 3 aliphatic carbocycles. The van der Waals surface area contributed by atoms with Crippen molar-refractivity contribution in [2.45, 2.75) is 57.7 Å². The van der Waals surface area contributed by atoms with Gasteiger partial charge in [0.2, 0.25) is 0 Å². The van der Waals surface area contributed by atoms with Crippen LogP contribution in [0.4, 0.5) is 13.2 Å². The minimum atomic E-state index is -4.43. The van der Waals surface area contributed by atoms with E-state index in [1.807, 2.05) is 6.07 Å². The molecule has 0 spiro atoms. The predicted molar refractivity (Wildman–Crippen MR) is 128 cm³/mol. The van der Waals surface area contributed by atoms with E-state index in [0.29, 0.717) is 29.4 Å². The van der Waals surface area contributed by atoms with Crippen LogP contribution in [0.5, 0.6) is 11.5 Å². The molecule has 0 heterocycles. The van der Waals surface area contributed by atoms with Crippen molar-refractivity contribution in [1.29, 1.82) is 0 Å². The van der Waals surface area contributed by atoms with Crippen molar-refractivity contribution in [3.63, 3.8) is 0 Å². The van der Waals surface area contributed by atoms with Crippen LogP contribution < -0.4 is 4.74 Å². The molecular weight excluding hydrogens is 473 g/mol. The molecule has 6 nitrogen and oxygen atoms in total. The van der Waals surface area contributed by atoms with Gasteiger partial charge in [-0.2, -0.15) is 13.2 Å². The summed E-state index contributed by atoms with van der Waals surface area (Å²) < 4.78 is 44.6. The topological polar surface area (TPSA) is 83.6 Å². The first-order chi connectivity index (χ1) is 17.2. The minimum Gasteiger partial charge on any atom is -0.504 e. The fourth-order valence-corrected chi connectivity index (χ4v) is 6.66. The van der Waals surface area contributed by atoms with Crippen molar-refractivity contribution in [3.05, 3.63) is 58.7 Å². The predicted octanol–water partition coefficient (Wildman–Crippen LogP) is 6.48. The highest BCUT2D eigenvalue weighted by atomic mass is 19.4. The molecule has 2 aromatic carbocycles. The number of aromatic hydroxyl groups is 1. The van der Waals surface area contributed by atoms with Crippen molar-refractivity contribution in [2.24, 2.45) is 27.6 Å². The highest BCUT2D eigenvalue weighted by Crippen LogP contribution is 2.60. The average Bonchev–Trinajstić information content (AvgIpc) is 3.20. The summed E-state index contributed by atoms with van der Waals surface area (Å²) in [6.07, 6.45) is -0.354. The monoisotopic (exact) mass is 502 g/mol. The van der Waals surface area contributed by atoms with Gasteiger partial charge in [0.15, 0.2) is 11.5 Å². The fourth-order valence-electron chi connectivity index (χ4n) is 6.66. The molecule has 0 bridgehead atoms. The number of methoxy groups -OCH3 is 1. The fraction of sp³-hybridized carbons (Fsp3) is 0.481. The van der Waals surface area contributed by atoms with Crippen LogP contribution in [0, 0.1) is 17.3 Å². The maximum absolute atomic E-state index is 13.1. The van der Waals surface area contributed by atoms with Gasteiger partial charge in [-0.1, -0.05) is 29.4 Å². The summed E-state index contributed by atoms with van der Waals surface area (Å²) in [5.41, 5.74) is 2.75. The molecule has 2 saturated carbocycles. The zero-order valence-electron chi connectivity index (χ0n) is 20.2. The van der Waals surface area contributed by atoms with Crippen molar-refractivity contribution in [3.8, 4) is 11.5 Å². The van der Waals surface area contributed by atoms with Gasteiger partial charge >= 0.3 is 6.18 Å². The Bertz CT molecular complexity index is 1230. The van der Waals surface area contributed by atoms with E-state index in [9.17, 15) is 23.5 Å². The summed E-state index contributed by atoms with van der Waals surface area (Å²) in [5, 5.41) is 28.1. The molecule has 9 heteroatoms. The van der Waals surface area contributed by atoms with E-state index in [-0.39, 0.29) is 29.6 Å². The van der Waals surface area contributed by atoms with E-state index >= 15 is 0 Å². The number of phenols is 1. The summed E-state index contributed by atoms with van der Waals surface area (Å²) >= 11 is 0.